The first kappa shape index (κ1) is 29.6. The highest BCUT2D eigenvalue weighted by Crippen LogP contribution is 2.46. The molecule has 9 nitrogen and oxygen atoms in total. The number of halogens is 1. The van der Waals surface area contributed by atoms with Crippen LogP contribution in [0.15, 0.2) is 54.6 Å². The molecule has 4 aliphatic rings. The van der Waals surface area contributed by atoms with Gasteiger partial charge in [-0.15, -0.1) is 0 Å². The molecule has 1 aliphatic heterocycles. The molecular formula is C35H38ClN5O4. The Hall–Kier alpha value is -4.11. The van der Waals surface area contributed by atoms with E-state index < -0.39 is 17.7 Å². The normalized spacial score (nSPS) is 19.8. The van der Waals surface area contributed by atoms with E-state index in [1.54, 1.807) is 12.5 Å². The Morgan fingerprint density at radius 2 is 1.87 bits per heavy atom. The van der Waals surface area contributed by atoms with Crippen LogP contribution in [0.5, 0.6) is 0 Å². The van der Waals surface area contributed by atoms with Gasteiger partial charge < -0.3 is 24.3 Å². The fourth-order valence-electron chi connectivity index (χ4n) is 6.19. The van der Waals surface area contributed by atoms with E-state index in [0.29, 0.717) is 37.6 Å². The minimum absolute atomic E-state index is 0.152. The average molecular weight is 628 g/mol. The topological polar surface area (TPSA) is 98.6 Å². The summed E-state index contributed by atoms with van der Waals surface area (Å²) in [6.07, 6.45) is 12.0. The van der Waals surface area contributed by atoms with Gasteiger partial charge in [0.2, 0.25) is 0 Å². The van der Waals surface area contributed by atoms with Crippen molar-refractivity contribution in [1.29, 1.82) is 0 Å². The summed E-state index contributed by atoms with van der Waals surface area (Å²) in [5, 5.41) is 3.74. The van der Waals surface area contributed by atoms with Gasteiger partial charge in [0.15, 0.2) is 0 Å². The lowest BCUT2D eigenvalue weighted by molar-refractivity contribution is 0.0834. The molecule has 3 heterocycles. The SMILES string of the molecule is Cn1cncc1C(NC(=O)OC1(C)CC1)C1=Cc2cccnc2C(=C2CCN(C(=O)OCC3(C)CC3)CC2)c2ccc(Cl)cc21. The van der Waals surface area contributed by atoms with Gasteiger partial charge in [-0.25, -0.2) is 14.6 Å². The molecule has 1 saturated heterocycles. The van der Waals surface area contributed by atoms with Crippen molar-refractivity contribution in [3.05, 3.63) is 87.7 Å². The van der Waals surface area contributed by atoms with E-state index in [1.807, 2.05) is 60.0 Å². The Kier molecular flexibility index (Phi) is 7.47. The summed E-state index contributed by atoms with van der Waals surface area (Å²) in [5.41, 5.74) is 7.31. The lowest BCUT2D eigenvalue weighted by Crippen LogP contribution is -2.37. The number of alkyl carbamates (subject to hydrolysis) is 1. The molecule has 1 unspecified atom stereocenters. The molecule has 10 heteroatoms. The highest BCUT2D eigenvalue weighted by Gasteiger charge is 2.43. The molecule has 3 fully saturated rings. The summed E-state index contributed by atoms with van der Waals surface area (Å²) in [6, 6.07) is 9.28. The van der Waals surface area contributed by atoms with Crippen molar-refractivity contribution in [2.75, 3.05) is 19.7 Å². The number of carbonyl (C=O) groups is 2. The third kappa shape index (κ3) is 6.10. The summed E-state index contributed by atoms with van der Waals surface area (Å²) in [7, 11) is 1.91. The third-order valence-electron chi connectivity index (χ3n) is 9.59. The maximum atomic E-state index is 13.3. The van der Waals surface area contributed by atoms with Crippen molar-refractivity contribution < 1.29 is 19.1 Å². The van der Waals surface area contributed by atoms with E-state index >= 15 is 0 Å². The summed E-state index contributed by atoms with van der Waals surface area (Å²) >= 11 is 6.68. The molecule has 0 bridgehead atoms. The number of imidazole rings is 1. The van der Waals surface area contributed by atoms with Crippen LogP contribution in [0.3, 0.4) is 0 Å². The average Bonchev–Trinajstić information content (AvgIpc) is 3.92. The van der Waals surface area contributed by atoms with Gasteiger partial charge in [0.1, 0.15) is 11.6 Å². The molecule has 1 aromatic carbocycles. The molecule has 2 aromatic heterocycles. The van der Waals surface area contributed by atoms with E-state index in [1.165, 1.54) is 5.57 Å². The van der Waals surface area contributed by atoms with Crippen molar-refractivity contribution in [3.8, 4) is 0 Å². The quantitative estimate of drug-likeness (QED) is 0.311. The highest BCUT2D eigenvalue weighted by atomic mass is 35.5. The van der Waals surface area contributed by atoms with Crippen LogP contribution in [0.2, 0.25) is 5.02 Å². The van der Waals surface area contributed by atoms with Crippen LogP contribution < -0.4 is 5.32 Å². The predicted octanol–water partition coefficient (Wildman–Crippen LogP) is 7.18. The zero-order valence-corrected chi connectivity index (χ0v) is 26.7. The van der Waals surface area contributed by atoms with Gasteiger partial charge >= 0.3 is 12.2 Å². The number of ether oxygens (including phenoxy) is 2. The van der Waals surface area contributed by atoms with Crippen LogP contribution in [-0.4, -0.2) is 56.9 Å². The number of hydrogen-bond acceptors (Lipinski definition) is 6. The molecular weight excluding hydrogens is 590 g/mol. The summed E-state index contributed by atoms with van der Waals surface area (Å²) in [6.45, 7) is 5.73. The van der Waals surface area contributed by atoms with Gasteiger partial charge in [-0.05, 0) is 86.4 Å². The number of carbonyl (C=O) groups excluding carboxylic acids is 2. The van der Waals surface area contributed by atoms with Gasteiger partial charge in [0.05, 0.1) is 30.5 Å². The number of aromatic nitrogens is 3. The van der Waals surface area contributed by atoms with Crippen LogP contribution in [0.25, 0.3) is 17.2 Å². The number of amides is 2. The van der Waals surface area contributed by atoms with Crippen LogP contribution in [0.1, 0.15) is 86.5 Å². The molecule has 1 atom stereocenters. The standard InChI is InChI=1S/C35H38ClN5O4/c1-34(10-11-34)20-44-33(43)41-15-8-22(9-16-41)29-25-7-6-24(36)18-26(25)27(17-23-5-4-14-38-30(23)29)31(28-19-37-21-40(28)3)39-32(42)45-35(2)12-13-35/h4-7,14,17-19,21,31H,8-13,15-16,20H2,1-3H3,(H,39,42). The van der Waals surface area contributed by atoms with Gasteiger partial charge in [-0.1, -0.05) is 36.2 Å². The molecule has 45 heavy (non-hydrogen) atoms. The molecule has 7 rings (SSSR count). The Labute approximate surface area is 268 Å². The van der Waals surface area contributed by atoms with Crippen LogP contribution in [-0.2, 0) is 16.5 Å². The maximum absolute atomic E-state index is 13.3. The van der Waals surface area contributed by atoms with Gasteiger partial charge in [-0.2, -0.15) is 0 Å². The number of pyridine rings is 1. The largest absolute Gasteiger partial charge is 0.449 e. The molecule has 0 spiro atoms. The van der Waals surface area contributed by atoms with Gasteiger partial charge in [-0.3, -0.25) is 4.98 Å². The minimum Gasteiger partial charge on any atom is -0.449 e. The Morgan fingerprint density at radius 1 is 1.09 bits per heavy atom. The van der Waals surface area contributed by atoms with Gasteiger partial charge in [0.25, 0.3) is 0 Å². The van der Waals surface area contributed by atoms with Crippen molar-refractivity contribution in [1.82, 2.24) is 24.8 Å². The van der Waals surface area contributed by atoms with E-state index in [-0.39, 0.29) is 11.5 Å². The number of rotatable bonds is 6. The molecule has 0 radical (unpaired) electrons. The number of nitrogens with zero attached hydrogens (tertiary/aromatic N) is 4. The zero-order valence-electron chi connectivity index (χ0n) is 25.9. The first-order valence-corrected chi connectivity index (χ1v) is 16.1. The number of fused-ring (bicyclic) bond motifs is 2. The summed E-state index contributed by atoms with van der Waals surface area (Å²) in [5.74, 6) is 0. The summed E-state index contributed by atoms with van der Waals surface area (Å²) < 4.78 is 13.4. The Bertz CT molecular complexity index is 1720. The van der Waals surface area contributed by atoms with Crippen molar-refractivity contribution in [3.63, 3.8) is 0 Å². The second-order valence-corrected chi connectivity index (χ2v) is 13.8. The van der Waals surface area contributed by atoms with Crippen molar-refractivity contribution in [2.45, 2.75) is 64.0 Å². The van der Waals surface area contributed by atoms with Gasteiger partial charge in [0, 0.05) is 47.9 Å². The number of benzene rings is 1. The molecule has 2 amide bonds. The molecule has 3 aliphatic carbocycles. The highest BCUT2D eigenvalue weighted by molar-refractivity contribution is 6.31. The van der Waals surface area contributed by atoms with Crippen molar-refractivity contribution in [2.24, 2.45) is 12.5 Å². The maximum Gasteiger partial charge on any atom is 0.409 e. The summed E-state index contributed by atoms with van der Waals surface area (Å²) in [4.78, 5) is 37.2. The number of likely N-dealkylation sites (tertiary alicyclic amines) is 1. The van der Waals surface area contributed by atoms with E-state index in [2.05, 4.69) is 23.3 Å². The monoisotopic (exact) mass is 627 g/mol. The van der Waals surface area contributed by atoms with E-state index in [9.17, 15) is 9.59 Å². The molecule has 3 aromatic rings. The fourth-order valence-corrected chi connectivity index (χ4v) is 6.36. The first-order chi connectivity index (χ1) is 21.6. The van der Waals surface area contributed by atoms with Crippen LogP contribution in [0.4, 0.5) is 9.59 Å². The Morgan fingerprint density at radius 3 is 2.56 bits per heavy atom. The lowest BCUT2D eigenvalue weighted by atomic mass is 9.86. The van der Waals surface area contributed by atoms with Crippen LogP contribution >= 0.6 is 11.6 Å². The third-order valence-corrected chi connectivity index (χ3v) is 9.83. The fraction of sp³-hybridized carbons (Fsp3) is 0.429. The first-order valence-electron chi connectivity index (χ1n) is 15.7. The smallest absolute Gasteiger partial charge is 0.409 e. The number of aryl methyl sites for hydroxylation is 1. The second kappa shape index (κ2) is 11.4. The number of piperidine rings is 1. The molecule has 2 saturated carbocycles. The minimum atomic E-state index is -0.577. The number of hydrogen-bond donors (Lipinski definition) is 1. The second-order valence-electron chi connectivity index (χ2n) is 13.4. The predicted molar refractivity (Wildman–Crippen MR) is 172 cm³/mol. The Balaban J connectivity index is 1.28. The number of nitrogens with one attached hydrogen (secondary N) is 1. The lowest BCUT2D eigenvalue weighted by Gasteiger charge is -2.30. The zero-order chi connectivity index (χ0) is 31.3. The van der Waals surface area contributed by atoms with Crippen LogP contribution in [0, 0.1) is 5.41 Å². The van der Waals surface area contributed by atoms with E-state index in [4.69, 9.17) is 26.1 Å². The van der Waals surface area contributed by atoms with Crippen molar-refractivity contribution >= 4 is 41.0 Å². The molecule has 234 valence electrons. The molecule has 1 N–H and O–H groups in total. The van der Waals surface area contributed by atoms with E-state index in [0.717, 1.165) is 64.9 Å².